The Balaban J connectivity index is 2.14. The monoisotopic (exact) mass is 346 g/mol. The van der Waals surface area contributed by atoms with E-state index < -0.39 is 29.2 Å². The van der Waals surface area contributed by atoms with E-state index in [1.807, 2.05) is 6.07 Å². The fraction of sp³-hybridized carbons (Fsp3) is 0.222. The second kappa shape index (κ2) is 8.22. The van der Waals surface area contributed by atoms with Gasteiger partial charge in [-0.3, -0.25) is 4.79 Å². The largest absolute Gasteiger partial charge is 0.497 e. The van der Waals surface area contributed by atoms with E-state index in [4.69, 9.17) is 14.7 Å². The highest BCUT2D eigenvalue weighted by molar-refractivity contribution is 5.82. The van der Waals surface area contributed by atoms with Crippen LogP contribution in [0.25, 0.3) is 0 Å². The number of hydrogen-bond donors (Lipinski definition) is 1. The van der Waals surface area contributed by atoms with Crippen LogP contribution in [0.2, 0.25) is 0 Å². The number of rotatable bonds is 6. The second-order valence-corrected chi connectivity index (χ2v) is 5.15. The third-order valence-corrected chi connectivity index (χ3v) is 3.57. The van der Waals surface area contributed by atoms with Gasteiger partial charge in [-0.25, -0.2) is 8.78 Å². The standard InChI is InChI=1S/C18H16F2N2O3/c1-24-13-7-14(19)16(15(20)8-13)17(25-2)18(23)22-10-12-5-3-11(9-21)4-6-12/h3-8,17H,10H2,1-2H3,(H,22,23)/t17-/m0/s1. The lowest BCUT2D eigenvalue weighted by atomic mass is 10.1. The van der Waals surface area contributed by atoms with Crippen LogP contribution in [0.1, 0.15) is 22.8 Å². The Morgan fingerprint density at radius 3 is 2.28 bits per heavy atom. The van der Waals surface area contributed by atoms with Gasteiger partial charge in [-0.05, 0) is 17.7 Å². The molecular formula is C18H16F2N2O3. The fourth-order valence-corrected chi connectivity index (χ4v) is 2.26. The zero-order chi connectivity index (χ0) is 18.4. The first-order valence-electron chi connectivity index (χ1n) is 7.32. The molecule has 0 aliphatic rings. The maximum atomic E-state index is 14.1. The highest BCUT2D eigenvalue weighted by Crippen LogP contribution is 2.27. The lowest BCUT2D eigenvalue weighted by molar-refractivity contribution is -0.131. The molecule has 0 aromatic heterocycles. The second-order valence-electron chi connectivity index (χ2n) is 5.15. The SMILES string of the molecule is COc1cc(F)c([C@H](OC)C(=O)NCc2ccc(C#N)cc2)c(F)c1. The molecule has 5 nitrogen and oxygen atoms in total. The molecule has 2 aromatic carbocycles. The summed E-state index contributed by atoms with van der Waals surface area (Å²) in [6.45, 7) is 0.129. The van der Waals surface area contributed by atoms with Crippen molar-refractivity contribution in [3.05, 3.63) is 64.7 Å². The summed E-state index contributed by atoms with van der Waals surface area (Å²) in [7, 11) is 2.47. The molecule has 0 unspecified atom stereocenters. The number of ether oxygens (including phenoxy) is 2. The molecule has 25 heavy (non-hydrogen) atoms. The molecule has 1 amide bonds. The van der Waals surface area contributed by atoms with Crippen LogP contribution >= 0.6 is 0 Å². The summed E-state index contributed by atoms with van der Waals surface area (Å²) < 4.78 is 38.0. The summed E-state index contributed by atoms with van der Waals surface area (Å²) in [5.74, 6) is -2.55. The van der Waals surface area contributed by atoms with Crippen molar-refractivity contribution in [1.29, 1.82) is 5.26 Å². The van der Waals surface area contributed by atoms with Gasteiger partial charge in [0.2, 0.25) is 0 Å². The van der Waals surface area contributed by atoms with Crippen LogP contribution in [0.4, 0.5) is 8.78 Å². The maximum absolute atomic E-state index is 14.1. The van der Waals surface area contributed by atoms with E-state index in [1.165, 1.54) is 14.2 Å². The number of amides is 1. The van der Waals surface area contributed by atoms with Crippen molar-refractivity contribution >= 4 is 5.91 Å². The van der Waals surface area contributed by atoms with Crippen LogP contribution in [-0.2, 0) is 16.1 Å². The van der Waals surface area contributed by atoms with Gasteiger partial charge in [0.1, 0.15) is 17.4 Å². The van der Waals surface area contributed by atoms with Crippen LogP contribution < -0.4 is 10.1 Å². The van der Waals surface area contributed by atoms with Crippen molar-refractivity contribution in [3.8, 4) is 11.8 Å². The normalized spacial score (nSPS) is 11.5. The van der Waals surface area contributed by atoms with Crippen molar-refractivity contribution < 1.29 is 23.0 Å². The van der Waals surface area contributed by atoms with Crippen molar-refractivity contribution in [2.75, 3.05) is 14.2 Å². The summed E-state index contributed by atoms with van der Waals surface area (Å²) in [4.78, 5) is 12.3. The van der Waals surface area contributed by atoms with Gasteiger partial charge in [-0.2, -0.15) is 5.26 Å². The Kier molecular flexibility index (Phi) is 6.03. The third-order valence-electron chi connectivity index (χ3n) is 3.57. The smallest absolute Gasteiger partial charge is 0.254 e. The predicted octanol–water partition coefficient (Wildman–Crippen LogP) is 2.85. The van der Waals surface area contributed by atoms with Crippen molar-refractivity contribution in [2.24, 2.45) is 0 Å². The first-order valence-corrected chi connectivity index (χ1v) is 7.32. The number of nitrogens with zero attached hydrogens (tertiary/aromatic N) is 1. The highest BCUT2D eigenvalue weighted by atomic mass is 19.1. The minimum absolute atomic E-state index is 0.00611. The number of carbonyl (C=O) groups is 1. The Labute approximate surface area is 143 Å². The fourth-order valence-electron chi connectivity index (χ4n) is 2.26. The quantitative estimate of drug-likeness (QED) is 0.873. The molecule has 0 aliphatic heterocycles. The molecule has 0 bridgehead atoms. The molecule has 0 saturated carbocycles. The molecule has 0 heterocycles. The molecule has 0 saturated heterocycles. The number of halogens is 2. The summed E-state index contributed by atoms with van der Waals surface area (Å²) in [6, 6.07) is 10.5. The van der Waals surface area contributed by atoms with Gasteiger partial charge in [0, 0.05) is 25.8 Å². The van der Waals surface area contributed by atoms with Gasteiger partial charge in [-0.1, -0.05) is 12.1 Å². The van der Waals surface area contributed by atoms with Crippen LogP contribution in [0.15, 0.2) is 36.4 Å². The topological polar surface area (TPSA) is 71.3 Å². The Bertz CT molecular complexity index is 778. The van der Waals surface area contributed by atoms with E-state index in [1.54, 1.807) is 24.3 Å². The van der Waals surface area contributed by atoms with Gasteiger partial charge in [-0.15, -0.1) is 0 Å². The highest BCUT2D eigenvalue weighted by Gasteiger charge is 2.27. The van der Waals surface area contributed by atoms with E-state index in [0.29, 0.717) is 5.56 Å². The van der Waals surface area contributed by atoms with Gasteiger partial charge in [0.05, 0.1) is 24.3 Å². The molecule has 7 heteroatoms. The summed E-state index contributed by atoms with van der Waals surface area (Å²) in [5, 5.41) is 11.3. The average Bonchev–Trinajstić information content (AvgIpc) is 2.62. The maximum Gasteiger partial charge on any atom is 0.254 e. The molecule has 2 rings (SSSR count). The molecule has 0 radical (unpaired) electrons. The first-order chi connectivity index (χ1) is 12.0. The molecule has 130 valence electrons. The first kappa shape index (κ1) is 18.4. The Hall–Kier alpha value is -2.98. The lowest BCUT2D eigenvalue weighted by Crippen LogP contribution is -2.31. The summed E-state index contributed by atoms with van der Waals surface area (Å²) in [5.41, 5.74) is 0.741. The van der Waals surface area contributed by atoms with E-state index in [9.17, 15) is 13.6 Å². The van der Waals surface area contributed by atoms with Gasteiger partial charge in [0.15, 0.2) is 6.10 Å². The number of hydrogen-bond acceptors (Lipinski definition) is 4. The van der Waals surface area contributed by atoms with E-state index in [0.717, 1.165) is 17.7 Å². The Morgan fingerprint density at radius 1 is 1.20 bits per heavy atom. The van der Waals surface area contributed by atoms with Gasteiger partial charge >= 0.3 is 0 Å². The molecular weight excluding hydrogens is 330 g/mol. The zero-order valence-corrected chi connectivity index (χ0v) is 13.7. The van der Waals surface area contributed by atoms with Crippen molar-refractivity contribution in [3.63, 3.8) is 0 Å². The van der Waals surface area contributed by atoms with E-state index in [2.05, 4.69) is 5.32 Å². The number of carbonyl (C=O) groups excluding carboxylic acids is 1. The van der Waals surface area contributed by atoms with Crippen LogP contribution in [0.3, 0.4) is 0 Å². The number of nitriles is 1. The third kappa shape index (κ3) is 4.31. The van der Waals surface area contributed by atoms with Crippen LogP contribution in [-0.4, -0.2) is 20.1 Å². The minimum Gasteiger partial charge on any atom is -0.497 e. The molecule has 2 aromatic rings. The number of benzene rings is 2. The molecule has 1 atom stereocenters. The van der Waals surface area contributed by atoms with Gasteiger partial charge in [0.25, 0.3) is 5.91 Å². The number of methoxy groups -OCH3 is 2. The van der Waals surface area contributed by atoms with Crippen molar-refractivity contribution in [1.82, 2.24) is 5.32 Å². The minimum atomic E-state index is -1.44. The van der Waals surface area contributed by atoms with Gasteiger partial charge < -0.3 is 14.8 Å². The lowest BCUT2D eigenvalue weighted by Gasteiger charge is -2.17. The average molecular weight is 346 g/mol. The molecule has 0 fully saturated rings. The summed E-state index contributed by atoms with van der Waals surface area (Å²) in [6.07, 6.45) is -1.44. The van der Waals surface area contributed by atoms with Crippen LogP contribution in [0, 0.1) is 23.0 Å². The van der Waals surface area contributed by atoms with Crippen molar-refractivity contribution in [2.45, 2.75) is 12.6 Å². The molecule has 0 aliphatic carbocycles. The van der Waals surface area contributed by atoms with E-state index in [-0.39, 0.29) is 12.3 Å². The predicted molar refractivity (Wildman–Crippen MR) is 85.7 cm³/mol. The van der Waals surface area contributed by atoms with E-state index >= 15 is 0 Å². The Morgan fingerprint density at radius 2 is 1.80 bits per heavy atom. The molecule has 0 spiro atoms. The zero-order valence-electron chi connectivity index (χ0n) is 13.7. The summed E-state index contributed by atoms with van der Waals surface area (Å²) >= 11 is 0. The molecule has 1 N–H and O–H groups in total. The number of nitrogens with one attached hydrogen (secondary N) is 1. The van der Waals surface area contributed by atoms with Crippen LogP contribution in [0.5, 0.6) is 5.75 Å².